The molecule has 27 heavy (non-hydrogen) atoms. The van der Waals surface area contributed by atoms with E-state index in [4.69, 9.17) is 5.73 Å². The van der Waals surface area contributed by atoms with Crippen molar-refractivity contribution in [3.63, 3.8) is 0 Å². The first-order chi connectivity index (χ1) is 13.3. The number of hydrogen-bond donors (Lipinski definition) is 1. The van der Waals surface area contributed by atoms with Crippen LogP contribution in [0.25, 0.3) is 43.1 Å². The molecule has 5 rings (SSSR count). The molecule has 0 spiro atoms. The van der Waals surface area contributed by atoms with Crippen LogP contribution < -0.4 is 5.73 Å². The van der Waals surface area contributed by atoms with E-state index in [0.29, 0.717) is 0 Å². The van der Waals surface area contributed by atoms with Crippen molar-refractivity contribution in [2.45, 2.75) is 39.0 Å². The molecule has 0 aliphatic heterocycles. The molecule has 2 N–H and O–H groups in total. The largest absolute Gasteiger partial charge is 0.399 e. The number of unbranched alkanes of at least 4 members (excludes halogenated alkanes) is 3. The van der Waals surface area contributed by atoms with Gasteiger partial charge in [0.15, 0.2) is 0 Å². The summed E-state index contributed by atoms with van der Waals surface area (Å²) in [6.45, 7) is 2.27. The van der Waals surface area contributed by atoms with Crippen LogP contribution >= 0.6 is 0 Å². The fraction of sp³-hybridized carbons (Fsp3) is 0.231. The van der Waals surface area contributed by atoms with Crippen molar-refractivity contribution >= 4 is 48.8 Å². The summed E-state index contributed by atoms with van der Waals surface area (Å²) in [5.41, 5.74) is 8.56. The number of benzene rings is 5. The van der Waals surface area contributed by atoms with Crippen molar-refractivity contribution in [2.75, 3.05) is 5.73 Å². The summed E-state index contributed by atoms with van der Waals surface area (Å²) in [5, 5.41) is 10.7. The number of aryl methyl sites for hydroxylation is 1. The smallest absolute Gasteiger partial charge is 0.0326 e. The maximum Gasteiger partial charge on any atom is 0.0326 e. The molecule has 0 unspecified atom stereocenters. The second kappa shape index (κ2) is 6.42. The summed E-state index contributed by atoms with van der Waals surface area (Å²) in [6, 6.07) is 22.3. The van der Waals surface area contributed by atoms with Gasteiger partial charge < -0.3 is 5.73 Å². The Kier molecular flexibility index (Phi) is 3.89. The molecule has 5 aromatic rings. The van der Waals surface area contributed by atoms with Gasteiger partial charge in [0.25, 0.3) is 0 Å². The Morgan fingerprint density at radius 2 is 1.41 bits per heavy atom. The van der Waals surface area contributed by atoms with Gasteiger partial charge >= 0.3 is 0 Å². The molecule has 1 nitrogen and oxygen atoms in total. The Hall–Kier alpha value is -2.80. The molecule has 0 aromatic heterocycles. The number of fused-ring (bicyclic) bond motifs is 2. The van der Waals surface area contributed by atoms with Crippen molar-refractivity contribution in [1.82, 2.24) is 0 Å². The van der Waals surface area contributed by atoms with Gasteiger partial charge in [0.05, 0.1) is 0 Å². The van der Waals surface area contributed by atoms with Gasteiger partial charge in [0.1, 0.15) is 0 Å². The number of nitrogens with two attached hydrogens (primary N) is 1. The molecule has 0 radical (unpaired) electrons. The Labute approximate surface area is 160 Å². The molecule has 0 aliphatic rings. The molecule has 1 heteroatoms. The Morgan fingerprint density at radius 1 is 0.667 bits per heavy atom. The fourth-order valence-electron chi connectivity index (χ4n) is 4.76. The maximum atomic E-state index is 6.25. The van der Waals surface area contributed by atoms with Crippen molar-refractivity contribution in [3.8, 4) is 0 Å². The van der Waals surface area contributed by atoms with E-state index in [0.717, 1.165) is 12.1 Å². The van der Waals surface area contributed by atoms with E-state index < -0.39 is 0 Å². The zero-order valence-electron chi connectivity index (χ0n) is 15.9. The summed E-state index contributed by atoms with van der Waals surface area (Å²) in [6.07, 6.45) is 6.36. The van der Waals surface area contributed by atoms with Crippen LogP contribution in [0, 0.1) is 0 Å². The zero-order valence-corrected chi connectivity index (χ0v) is 15.9. The Bertz CT molecular complexity index is 1270. The van der Waals surface area contributed by atoms with Crippen molar-refractivity contribution in [1.29, 1.82) is 0 Å². The van der Waals surface area contributed by atoms with Crippen LogP contribution in [0.4, 0.5) is 5.69 Å². The van der Waals surface area contributed by atoms with Gasteiger partial charge in [-0.2, -0.15) is 0 Å². The predicted octanol–water partition coefficient (Wildman–Crippen LogP) is 7.44. The van der Waals surface area contributed by atoms with Gasteiger partial charge in [-0.25, -0.2) is 0 Å². The lowest BCUT2D eigenvalue weighted by atomic mass is 9.87. The third kappa shape index (κ3) is 2.53. The van der Waals surface area contributed by atoms with Gasteiger partial charge in [-0.15, -0.1) is 0 Å². The lowest BCUT2D eigenvalue weighted by Gasteiger charge is -2.17. The van der Waals surface area contributed by atoms with Gasteiger partial charge in [-0.3, -0.25) is 0 Å². The molecule has 0 bridgehead atoms. The van der Waals surface area contributed by atoms with Crippen molar-refractivity contribution in [2.24, 2.45) is 0 Å². The van der Waals surface area contributed by atoms with Gasteiger partial charge in [-0.1, -0.05) is 74.7 Å². The fourth-order valence-corrected chi connectivity index (χ4v) is 4.76. The predicted molar refractivity (Wildman–Crippen MR) is 120 cm³/mol. The summed E-state index contributed by atoms with van der Waals surface area (Å²) in [4.78, 5) is 0. The van der Waals surface area contributed by atoms with Crippen molar-refractivity contribution < 1.29 is 0 Å². The molecule has 0 atom stereocenters. The molecule has 0 heterocycles. The van der Waals surface area contributed by atoms with E-state index in [-0.39, 0.29) is 0 Å². The van der Waals surface area contributed by atoms with Crippen LogP contribution in [0.2, 0.25) is 0 Å². The number of nitrogen functional groups attached to an aromatic ring is 1. The number of hydrogen-bond acceptors (Lipinski definition) is 1. The van der Waals surface area contributed by atoms with Crippen molar-refractivity contribution in [3.05, 3.63) is 66.2 Å². The number of rotatable bonds is 5. The monoisotopic (exact) mass is 351 g/mol. The van der Waals surface area contributed by atoms with Gasteiger partial charge in [0, 0.05) is 5.69 Å². The van der Waals surface area contributed by atoms with Crippen LogP contribution in [0.15, 0.2) is 60.7 Å². The quantitative estimate of drug-likeness (QED) is 0.151. The van der Waals surface area contributed by atoms with E-state index >= 15 is 0 Å². The van der Waals surface area contributed by atoms with Gasteiger partial charge in [0.2, 0.25) is 0 Å². The topological polar surface area (TPSA) is 26.0 Å². The lowest BCUT2D eigenvalue weighted by molar-refractivity contribution is 0.668. The first-order valence-corrected chi connectivity index (χ1v) is 10.2. The highest BCUT2D eigenvalue weighted by atomic mass is 14.5. The molecule has 0 amide bonds. The third-order valence-corrected chi connectivity index (χ3v) is 6.01. The highest BCUT2D eigenvalue weighted by molar-refractivity contribution is 6.33. The summed E-state index contributed by atoms with van der Waals surface area (Å²) in [7, 11) is 0. The summed E-state index contributed by atoms with van der Waals surface area (Å²) in [5.74, 6) is 0. The molecule has 0 fully saturated rings. The highest BCUT2D eigenvalue weighted by Crippen LogP contribution is 2.41. The standard InChI is InChI=1S/C26H25N/c1-2-3-4-5-8-17-13-14-23-21-11-6-9-18-15-19(27)16-24(25(18)21)22-12-7-10-20(17)26(22)23/h6-7,9-16H,2-5,8,27H2,1H3. The normalized spacial score (nSPS) is 12.0. The maximum absolute atomic E-state index is 6.25. The molecular formula is C26H25N. The van der Waals surface area contributed by atoms with Crippen LogP contribution in [-0.2, 0) is 6.42 Å². The van der Waals surface area contributed by atoms with Gasteiger partial charge in [-0.05, 0) is 73.6 Å². The molecule has 0 saturated heterocycles. The SMILES string of the molecule is CCCCCCc1ccc2c3cccc4cc(N)cc(c5cccc1c25)c43. The minimum Gasteiger partial charge on any atom is -0.399 e. The van der Waals surface area contributed by atoms with E-state index in [1.165, 1.54) is 74.3 Å². The minimum atomic E-state index is 0.839. The highest BCUT2D eigenvalue weighted by Gasteiger charge is 2.14. The van der Waals surface area contributed by atoms with E-state index in [1.54, 1.807) is 0 Å². The average molecular weight is 351 g/mol. The molecule has 0 aliphatic carbocycles. The second-order valence-electron chi connectivity index (χ2n) is 7.78. The average Bonchev–Trinajstić information content (AvgIpc) is 2.69. The van der Waals surface area contributed by atoms with E-state index in [9.17, 15) is 0 Å². The van der Waals surface area contributed by atoms with Crippen LogP contribution in [-0.4, -0.2) is 0 Å². The summed E-state index contributed by atoms with van der Waals surface area (Å²) < 4.78 is 0. The van der Waals surface area contributed by atoms with E-state index in [1.807, 2.05) is 0 Å². The number of anilines is 1. The van der Waals surface area contributed by atoms with E-state index in [2.05, 4.69) is 67.6 Å². The van der Waals surface area contributed by atoms with Crippen LogP contribution in [0.3, 0.4) is 0 Å². The zero-order chi connectivity index (χ0) is 18.4. The Balaban J connectivity index is 1.84. The molecule has 5 aromatic carbocycles. The first-order valence-electron chi connectivity index (χ1n) is 10.2. The summed E-state index contributed by atoms with van der Waals surface area (Å²) >= 11 is 0. The molecule has 134 valence electrons. The lowest BCUT2D eigenvalue weighted by Crippen LogP contribution is -1.93. The Morgan fingerprint density at radius 3 is 2.26 bits per heavy atom. The minimum absolute atomic E-state index is 0.839. The molecular weight excluding hydrogens is 326 g/mol. The first kappa shape index (κ1) is 16.4. The third-order valence-electron chi connectivity index (χ3n) is 6.01. The second-order valence-corrected chi connectivity index (χ2v) is 7.78. The van der Waals surface area contributed by atoms with Crippen LogP contribution in [0.5, 0.6) is 0 Å². The van der Waals surface area contributed by atoms with Crippen LogP contribution in [0.1, 0.15) is 38.2 Å². The molecule has 0 saturated carbocycles.